The van der Waals surface area contributed by atoms with E-state index < -0.39 is 17.4 Å². The summed E-state index contributed by atoms with van der Waals surface area (Å²) >= 11 is 6.16. The third-order valence-electron chi connectivity index (χ3n) is 5.86. The molecule has 174 valence electrons. The van der Waals surface area contributed by atoms with Gasteiger partial charge in [-0.1, -0.05) is 67.1 Å². The number of carbonyl (C=O) groups is 2. The highest BCUT2D eigenvalue weighted by atomic mass is 35.5. The molecule has 0 bridgehead atoms. The summed E-state index contributed by atoms with van der Waals surface area (Å²) in [6.07, 6.45) is 5.02. The Labute approximate surface area is 199 Å². The van der Waals surface area contributed by atoms with E-state index in [9.17, 15) is 19.8 Å². The van der Waals surface area contributed by atoms with Crippen molar-refractivity contribution in [2.24, 2.45) is 5.92 Å². The molecule has 0 radical (unpaired) electrons. The van der Waals surface area contributed by atoms with Crippen LogP contribution in [-0.4, -0.2) is 46.6 Å². The molecule has 1 heterocycles. The quantitative estimate of drug-likeness (QED) is 0.521. The molecule has 0 fully saturated rings. The molecule has 33 heavy (non-hydrogen) atoms. The van der Waals surface area contributed by atoms with Gasteiger partial charge in [-0.25, -0.2) is 0 Å². The summed E-state index contributed by atoms with van der Waals surface area (Å²) in [6, 6.07) is 14.6. The first-order chi connectivity index (χ1) is 15.8. The molecule has 0 saturated heterocycles. The third-order valence-corrected chi connectivity index (χ3v) is 6.09. The lowest BCUT2D eigenvalue weighted by Gasteiger charge is -2.27. The monoisotopic (exact) mass is 468 g/mol. The topological polar surface area (TPSA) is 81.1 Å². The molecule has 6 nitrogen and oxygen atoms in total. The highest BCUT2D eigenvalue weighted by Crippen LogP contribution is 2.46. The Morgan fingerprint density at radius 3 is 2.67 bits per heavy atom. The minimum absolute atomic E-state index is 0.0836. The van der Waals surface area contributed by atoms with Gasteiger partial charge in [-0.15, -0.1) is 6.58 Å². The SMILES string of the molecule is C=CCN1C(=O)[C@@](O)([C@@H](C)/C=C/CC(=O)N(CCO)Cc2ccccc2)c2cc(Cl)ccc21. The van der Waals surface area contributed by atoms with Crippen LogP contribution in [0.15, 0.2) is 73.3 Å². The molecule has 3 rings (SSSR count). The van der Waals surface area contributed by atoms with Gasteiger partial charge in [0.25, 0.3) is 5.91 Å². The number of hydrogen-bond acceptors (Lipinski definition) is 4. The molecule has 2 aromatic rings. The molecule has 2 aromatic carbocycles. The van der Waals surface area contributed by atoms with Crippen LogP contribution in [0.5, 0.6) is 0 Å². The fourth-order valence-electron chi connectivity index (χ4n) is 4.09. The van der Waals surface area contributed by atoms with Gasteiger partial charge < -0.3 is 20.0 Å². The Kier molecular flexibility index (Phi) is 8.08. The van der Waals surface area contributed by atoms with E-state index in [2.05, 4.69) is 6.58 Å². The third kappa shape index (κ3) is 5.19. The van der Waals surface area contributed by atoms with Crippen LogP contribution in [0.2, 0.25) is 5.02 Å². The molecule has 2 N–H and O–H groups in total. The number of amides is 2. The van der Waals surface area contributed by atoms with Crippen molar-refractivity contribution in [1.29, 1.82) is 0 Å². The van der Waals surface area contributed by atoms with Gasteiger partial charge in [0.15, 0.2) is 5.60 Å². The number of aliphatic hydroxyl groups is 2. The second kappa shape index (κ2) is 10.8. The van der Waals surface area contributed by atoms with Crippen LogP contribution in [0, 0.1) is 5.92 Å². The van der Waals surface area contributed by atoms with Crippen molar-refractivity contribution < 1.29 is 19.8 Å². The van der Waals surface area contributed by atoms with Crippen LogP contribution < -0.4 is 4.90 Å². The number of aliphatic hydroxyl groups excluding tert-OH is 1. The Morgan fingerprint density at radius 2 is 2.00 bits per heavy atom. The Morgan fingerprint density at radius 1 is 1.27 bits per heavy atom. The van der Waals surface area contributed by atoms with Crippen LogP contribution in [-0.2, 0) is 21.7 Å². The van der Waals surface area contributed by atoms with Gasteiger partial charge in [0.1, 0.15) is 0 Å². The predicted octanol–water partition coefficient (Wildman–Crippen LogP) is 3.66. The van der Waals surface area contributed by atoms with E-state index in [1.165, 1.54) is 4.90 Å². The summed E-state index contributed by atoms with van der Waals surface area (Å²) in [6.45, 7) is 6.18. The van der Waals surface area contributed by atoms with E-state index in [1.807, 2.05) is 30.3 Å². The molecule has 7 heteroatoms. The van der Waals surface area contributed by atoms with Crippen molar-refractivity contribution in [1.82, 2.24) is 4.90 Å². The van der Waals surface area contributed by atoms with Crippen molar-refractivity contribution in [3.8, 4) is 0 Å². The van der Waals surface area contributed by atoms with E-state index in [0.29, 0.717) is 22.8 Å². The number of nitrogens with zero attached hydrogens (tertiary/aromatic N) is 2. The normalized spacial score (nSPS) is 18.4. The number of halogens is 1. The molecule has 0 aromatic heterocycles. The van der Waals surface area contributed by atoms with Crippen LogP contribution in [0.25, 0.3) is 0 Å². The number of benzene rings is 2. The van der Waals surface area contributed by atoms with E-state index in [0.717, 1.165) is 5.56 Å². The maximum absolute atomic E-state index is 13.2. The summed E-state index contributed by atoms with van der Waals surface area (Å²) in [7, 11) is 0. The molecule has 0 unspecified atom stereocenters. The zero-order valence-electron chi connectivity index (χ0n) is 18.7. The molecule has 2 amide bonds. The maximum atomic E-state index is 13.2. The molecule has 0 spiro atoms. The van der Waals surface area contributed by atoms with Crippen LogP contribution in [0.1, 0.15) is 24.5 Å². The highest BCUT2D eigenvalue weighted by molar-refractivity contribution is 6.31. The summed E-state index contributed by atoms with van der Waals surface area (Å²) in [5, 5.41) is 21.3. The number of rotatable bonds is 10. The lowest BCUT2D eigenvalue weighted by Crippen LogP contribution is -2.44. The zero-order valence-corrected chi connectivity index (χ0v) is 19.4. The highest BCUT2D eigenvalue weighted by Gasteiger charge is 2.52. The summed E-state index contributed by atoms with van der Waals surface area (Å²) in [5.41, 5.74) is 0.215. The molecule has 1 aliphatic heterocycles. The van der Waals surface area contributed by atoms with Crippen molar-refractivity contribution in [2.75, 3.05) is 24.6 Å². The fourth-order valence-corrected chi connectivity index (χ4v) is 4.26. The molecule has 0 aliphatic carbocycles. The van der Waals surface area contributed by atoms with Gasteiger partial charge >= 0.3 is 0 Å². The van der Waals surface area contributed by atoms with Crippen LogP contribution in [0.3, 0.4) is 0 Å². The lowest BCUT2D eigenvalue weighted by atomic mass is 9.83. The smallest absolute Gasteiger partial charge is 0.264 e. The lowest BCUT2D eigenvalue weighted by molar-refractivity contribution is -0.139. The van der Waals surface area contributed by atoms with Crippen LogP contribution >= 0.6 is 11.6 Å². The molecular formula is C26H29ClN2O4. The van der Waals surface area contributed by atoms with Gasteiger partial charge in [-0.2, -0.15) is 0 Å². The van der Waals surface area contributed by atoms with Gasteiger partial charge in [-0.05, 0) is 23.8 Å². The average Bonchev–Trinajstić information content (AvgIpc) is 3.02. The van der Waals surface area contributed by atoms with Gasteiger partial charge in [0, 0.05) is 42.6 Å². The second-order valence-electron chi connectivity index (χ2n) is 8.08. The minimum atomic E-state index is -1.79. The van der Waals surface area contributed by atoms with E-state index in [-0.39, 0.29) is 32.0 Å². The number of carbonyl (C=O) groups excluding carboxylic acids is 2. The first-order valence-corrected chi connectivity index (χ1v) is 11.2. The Hall–Kier alpha value is -2.93. The van der Waals surface area contributed by atoms with Gasteiger partial charge in [0.05, 0.1) is 12.3 Å². The molecule has 1 aliphatic rings. The average molecular weight is 469 g/mol. The predicted molar refractivity (Wildman–Crippen MR) is 130 cm³/mol. The van der Waals surface area contributed by atoms with E-state index >= 15 is 0 Å². The van der Waals surface area contributed by atoms with E-state index in [4.69, 9.17) is 11.6 Å². The largest absolute Gasteiger partial charge is 0.395 e. The molecule has 0 saturated carbocycles. The summed E-state index contributed by atoms with van der Waals surface area (Å²) in [5.74, 6) is -1.21. The van der Waals surface area contributed by atoms with Crippen molar-refractivity contribution >= 4 is 29.1 Å². The first-order valence-electron chi connectivity index (χ1n) is 10.9. The summed E-state index contributed by atoms with van der Waals surface area (Å²) in [4.78, 5) is 29.0. The Bertz CT molecular complexity index is 1040. The van der Waals surface area contributed by atoms with Gasteiger partial charge in [-0.3, -0.25) is 9.59 Å². The van der Waals surface area contributed by atoms with Crippen molar-refractivity contribution in [3.63, 3.8) is 0 Å². The zero-order chi connectivity index (χ0) is 24.0. The first kappa shape index (κ1) is 24.7. The number of fused-ring (bicyclic) bond motifs is 1. The standard InChI is InChI=1S/C26H29ClN2O4/c1-3-14-29-23-13-12-21(27)17-22(23)26(33,25(29)32)19(2)8-7-11-24(31)28(15-16-30)18-20-9-5-4-6-10-20/h3-10,12-13,17,19,30,33H,1,11,14-16,18H2,2H3/b8-7+/t19-,26+/m0/s1. The van der Waals surface area contributed by atoms with Crippen LogP contribution in [0.4, 0.5) is 5.69 Å². The van der Waals surface area contributed by atoms with Crippen molar-refractivity contribution in [3.05, 3.63) is 89.5 Å². The molecule has 2 atom stereocenters. The summed E-state index contributed by atoms with van der Waals surface area (Å²) < 4.78 is 0. The second-order valence-corrected chi connectivity index (χ2v) is 8.51. The molecular weight excluding hydrogens is 440 g/mol. The number of anilines is 1. The minimum Gasteiger partial charge on any atom is -0.395 e. The Balaban J connectivity index is 1.75. The maximum Gasteiger partial charge on any atom is 0.264 e. The fraction of sp³-hybridized carbons (Fsp3) is 0.308. The van der Waals surface area contributed by atoms with Crippen molar-refractivity contribution in [2.45, 2.75) is 25.5 Å². The number of hydrogen-bond donors (Lipinski definition) is 2. The van der Waals surface area contributed by atoms with Gasteiger partial charge in [0.2, 0.25) is 5.91 Å². The van der Waals surface area contributed by atoms with E-state index in [1.54, 1.807) is 48.3 Å².